The molecule has 3 N–H and O–H groups in total. The number of hydrogen-bond acceptors (Lipinski definition) is 4. The lowest BCUT2D eigenvalue weighted by Gasteiger charge is -2.37. The molecule has 0 radical (unpaired) electrons. The van der Waals surface area contributed by atoms with Crippen molar-refractivity contribution in [3.05, 3.63) is 35.4 Å². The zero-order chi connectivity index (χ0) is 17.6. The van der Waals surface area contributed by atoms with Crippen molar-refractivity contribution in [2.75, 3.05) is 33.4 Å². The van der Waals surface area contributed by atoms with Gasteiger partial charge in [-0.1, -0.05) is 12.1 Å². The third-order valence-corrected chi connectivity index (χ3v) is 4.65. The molecular weight excluding hydrogens is 447 g/mol. The molecule has 8 heteroatoms. The monoisotopic (exact) mass is 474 g/mol. The minimum Gasteiger partial charge on any atom is -0.375 e. The number of carbonyl (C=O) groups excluding carboxylic acids is 1. The van der Waals surface area contributed by atoms with Crippen LogP contribution in [0, 0.1) is 0 Å². The molecule has 2 heterocycles. The Balaban J connectivity index is 0.00000243. The quantitative estimate of drug-likeness (QED) is 0.391. The summed E-state index contributed by atoms with van der Waals surface area (Å²) in [4.78, 5) is 17.9. The molecule has 1 aromatic carbocycles. The molecule has 0 aromatic heterocycles. The van der Waals surface area contributed by atoms with Crippen LogP contribution in [-0.2, 0) is 16.0 Å². The average molecular weight is 474 g/mol. The zero-order valence-corrected chi connectivity index (χ0v) is 17.3. The molecule has 0 saturated carbocycles. The minimum atomic E-state index is -0.418. The van der Waals surface area contributed by atoms with Gasteiger partial charge in [-0.15, -0.1) is 24.0 Å². The summed E-state index contributed by atoms with van der Waals surface area (Å²) in [5.74, 6) is 0.412. The number of nitrogens with zero attached hydrogens (tertiary/aromatic N) is 2. The van der Waals surface area contributed by atoms with Gasteiger partial charge in [0.15, 0.2) is 5.96 Å². The molecule has 0 bridgehead atoms. The Morgan fingerprint density at radius 2 is 2.15 bits per heavy atom. The SMILES string of the molecule is CN=C(NCc1cccc(C(N)=O)c1)N1CCOC(C2CCCO2)C1.I. The van der Waals surface area contributed by atoms with Crippen molar-refractivity contribution in [3.63, 3.8) is 0 Å². The van der Waals surface area contributed by atoms with Crippen LogP contribution >= 0.6 is 24.0 Å². The van der Waals surface area contributed by atoms with Crippen molar-refractivity contribution >= 4 is 35.8 Å². The Kier molecular flexibility index (Phi) is 8.11. The Morgan fingerprint density at radius 1 is 1.35 bits per heavy atom. The molecule has 0 spiro atoms. The highest BCUT2D eigenvalue weighted by Crippen LogP contribution is 2.21. The fraction of sp³-hybridized carbons (Fsp3) is 0.556. The van der Waals surface area contributed by atoms with Gasteiger partial charge in [-0.05, 0) is 30.5 Å². The lowest BCUT2D eigenvalue weighted by Crippen LogP contribution is -2.53. The summed E-state index contributed by atoms with van der Waals surface area (Å²) < 4.78 is 11.7. The summed E-state index contributed by atoms with van der Waals surface area (Å²) in [7, 11) is 1.78. The van der Waals surface area contributed by atoms with Gasteiger partial charge < -0.3 is 25.4 Å². The summed E-state index contributed by atoms with van der Waals surface area (Å²) in [6.45, 7) is 3.64. The van der Waals surface area contributed by atoms with Gasteiger partial charge in [-0.2, -0.15) is 0 Å². The molecular formula is C18H27IN4O3. The molecule has 2 unspecified atom stereocenters. The van der Waals surface area contributed by atoms with Gasteiger partial charge in [0, 0.05) is 38.9 Å². The number of carbonyl (C=O) groups is 1. The Labute approximate surface area is 171 Å². The van der Waals surface area contributed by atoms with E-state index in [-0.39, 0.29) is 36.2 Å². The fourth-order valence-electron chi connectivity index (χ4n) is 3.34. The van der Waals surface area contributed by atoms with Crippen molar-refractivity contribution in [2.24, 2.45) is 10.7 Å². The van der Waals surface area contributed by atoms with E-state index in [9.17, 15) is 4.79 Å². The molecule has 3 rings (SSSR count). The molecule has 2 fully saturated rings. The first kappa shape index (κ1) is 20.9. The topological polar surface area (TPSA) is 89.2 Å². The molecule has 26 heavy (non-hydrogen) atoms. The van der Waals surface area contributed by atoms with E-state index in [1.165, 1.54) is 0 Å². The van der Waals surface area contributed by atoms with Crippen molar-refractivity contribution in [1.82, 2.24) is 10.2 Å². The second kappa shape index (κ2) is 10.1. The van der Waals surface area contributed by atoms with Crippen LogP contribution in [0.2, 0.25) is 0 Å². The predicted molar refractivity (Wildman–Crippen MR) is 111 cm³/mol. The number of rotatable bonds is 4. The van der Waals surface area contributed by atoms with Crippen LogP contribution in [0.3, 0.4) is 0 Å². The van der Waals surface area contributed by atoms with Gasteiger partial charge in [0.1, 0.15) is 6.10 Å². The standard InChI is InChI=1S/C18H26N4O3.HI/c1-20-18(21-11-13-4-2-5-14(10-13)17(19)23)22-7-9-25-16(12-22)15-6-3-8-24-15;/h2,4-5,10,15-16H,3,6-9,11-12H2,1H3,(H2,19,23)(H,20,21);1H. The van der Waals surface area contributed by atoms with E-state index in [0.717, 1.165) is 44.1 Å². The van der Waals surface area contributed by atoms with Crippen LogP contribution < -0.4 is 11.1 Å². The molecule has 2 saturated heterocycles. The number of amides is 1. The van der Waals surface area contributed by atoms with Crippen LogP contribution in [-0.4, -0.2) is 62.3 Å². The highest BCUT2D eigenvalue weighted by molar-refractivity contribution is 14.0. The van der Waals surface area contributed by atoms with Crippen LogP contribution in [0.4, 0.5) is 0 Å². The number of hydrogen-bond donors (Lipinski definition) is 2. The Hall–Kier alpha value is -1.39. The lowest BCUT2D eigenvalue weighted by atomic mass is 10.1. The van der Waals surface area contributed by atoms with Crippen LogP contribution in [0.25, 0.3) is 0 Å². The smallest absolute Gasteiger partial charge is 0.248 e. The zero-order valence-electron chi connectivity index (χ0n) is 15.0. The highest BCUT2D eigenvalue weighted by atomic mass is 127. The third kappa shape index (κ3) is 5.31. The highest BCUT2D eigenvalue weighted by Gasteiger charge is 2.32. The first-order valence-electron chi connectivity index (χ1n) is 8.75. The van der Waals surface area contributed by atoms with E-state index in [2.05, 4.69) is 15.2 Å². The van der Waals surface area contributed by atoms with E-state index in [4.69, 9.17) is 15.2 Å². The van der Waals surface area contributed by atoms with Crippen LogP contribution in [0.15, 0.2) is 29.3 Å². The van der Waals surface area contributed by atoms with Crippen LogP contribution in [0.5, 0.6) is 0 Å². The first-order chi connectivity index (χ1) is 12.2. The summed E-state index contributed by atoms with van der Waals surface area (Å²) >= 11 is 0. The maximum atomic E-state index is 11.3. The Morgan fingerprint density at radius 3 is 2.85 bits per heavy atom. The summed E-state index contributed by atoms with van der Waals surface area (Å²) in [6, 6.07) is 7.31. The number of nitrogens with one attached hydrogen (secondary N) is 1. The van der Waals surface area contributed by atoms with Gasteiger partial charge in [0.2, 0.25) is 5.91 Å². The van der Waals surface area contributed by atoms with E-state index in [0.29, 0.717) is 18.7 Å². The summed E-state index contributed by atoms with van der Waals surface area (Å²) in [6.07, 6.45) is 2.44. The molecule has 2 aliphatic rings. The van der Waals surface area contributed by atoms with E-state index >= 15 is 0 Å². The molecule has 1 aromatic rings. The maximum Gasteiger partial charge on any atom is 0.248 e. The third-order valence-electron chi connectivity index (χ3n) is 4.65. The Bertz CT molecular complexity index is 635. The number of halogens is 1. The first-order valence-corrected chi connectivity index (χ1v) is 8.75. The lowest BCUT2D eigenvalue weighted by molar-refractivity contribution is -0.0817. The van der Waals surface area contributed by atoms with Crippen molar-refractivity contribution in [2.45, 2.75) is 31.6 Å². The van der Waals surface area contributed by atoms with Gasteiger partial charge in [0.05, 0.1) is 12.7 Å². The number of morpholine rings is 1. The summed E-state index contributed by atoms with van der Waals surface area (Å²) in [5.41, 5.74) is 6.84. The van der Waals surface area contributed by atoms with E-state index < -0.39 is 5.91 Å². The van der Waals surface area contributed by atoms with Crippen molar-refractivity contribution in [1.29, 1.82) is 0 Å². The predicted octanol–water partition coefficient (Wildman–Crippen LogP) is 1.36. The van der Waals surface area contributed by atoms with Crippen LogP contribution in [0.1, 0.15) is 28.8 Å². The summed E-state index contributed by atoms with van der Waals surface area (Å²) in [5, 5.41) is 3.36. The number of guanidine groups is 1. The molecule has 7 nitrogen and oxygen atoms in total. The number of nitrogens with two attached hydrogens (primary N) is 1. The van der Waals surface area contributed by atoms with Gasteiger partial charge in [-0.3, -0.25) is 9.79 Å². The van der Waals surface area contributed by atoms with Gasteiger partial charge in [0.25, 0.3) is 0 Å². The second-order valence-corrected chi connectivity index (χ2v) is 6.37. The van der Waals surface area contributed by atoms with Gasteiger partial charge in [-0.25, -0.2) is 0 Å². The average Bonchev–Trinajstić information content (AvgIpc) is 3.17. The number of ether oxygens (including phenoxy) is 2. The van der Waals surface area contributed by atoms with E-state index in [1.807, 2.05) is 12.1 Å². The maximum absolute atomic E-state index is 11.3. The molecule has 144 valence electrons. The second-order valence-electron chi connectivity index (χ2n) is 6.37. The largest absolute Gasteiger partial charge is 0.375 e. The van der Waals surface area contributed by atoms with Gasteiger partial charge >= 0.3 is 0 Å². The minimum absolute atomic E-state index is 0. The number of benzene rings is 1. The molecule has 0 aliphatic carbocycles. The molecule has 1 amide bonds. The fourth-order valence-corrected chi connectivity index (χ4v) is 3.34. The van der Waals surface area contributed by atoms with E-state index in [1.54, 1.807) is 19.2 Å². The van der Waals surface area contributed by atoms with Crippen molar-refractivity contribution < 1.29 is 14.3 Å². The molecule has 2 aliphatic heterocycles. The van der Waals surface area contributed by atoms with Crippen molar-refractivity contribution in [3.8, 4) is 0 Å². The number of aliphatic imine (C=N–C) groups is 1. The molecule has 2 atom stereocenters. The normalized spacial score (nSPS) is 23.4. The number of primary amides is 1.